The highest BCUT2D eigenvalue weighted by Crippen LogP contribution is 2.29. The third kappa shape index (κ3) is 4.46. The van der Waals surface area contributed by atoms with E-state index in [1.54, 1.807) is 12.3 Å². The van der Waals surface area contributed by atoms with Crippen molar-refractivity contribution in [3.8, 4) is 11.3 Å². The predicted molar refractivity (Wildman–Crippen MR) is 107 cm³/mol. The number of halogens is 2. The molecule has 0 radical (unpaired) electrons. The highest BCUT2D eigenvalue weighted by atomic mass is 35.5. The topological polar surface area (TPSA) is 101 Å². The number of thiazole rings is 1. The lowest BCUT2D eigenvalue weighted by molar-refractivity contribution is -0.114. The Hall–Kier alpha value is -2.56. The zero-order valence-corrected chi connectivity index (χ0v) is 17.0. The van der Waals surface area contributed by atoms with Gasteiger partial charge in [-0.2, -0.15) is 8.42 Å². The van der Waals surface area contributed by atoms with Gasteiger partial charge in [0.15, 0.2) is 10.2 Å². The summed E-state index contributed by atoms with van der Waals surface area (Å²) in [5.74, 6) is -0.836. The van der Waals surface area contributed by atoms with Gasteiger partial charge in [0.25, 0.3) is 10.0 Å². The molecule has 0 saturated heterocycles. The van der Waals surface area contributed by atoms with Gasteiger partial charge in [-0.1, -0.05) is 11.6 Å². The number of nitrogens with zero attached hydrogens (tertiary/aromatic N) is 2. The smallest absolute Gasteiger partial charge is 0.281 e. The van der Waals surface area contributed by atoms with E-state index in [-0.39, 0.29) is 21.1 Å². The first-order chi connectivity index (χ1) is 13.2. The summed E-state index contributed by atoms with van der Waals surface area (Å²) in [5, 5.41) is 4.07. The summed E-state index contributed by atoms with van der Waals surface area (Å²) in [4.78, 5) is 19.2. The number of sulfonamides is 1. The number of aryl methyl sites for hydroxylation is 1. The van der Waals surface area contributed by atoms with Gasteiger partial charge in [0, 0.05) is 17.9 Å². The monoisotopic (exact) mass is 440 g/mol. The van der Waals surface area contributed by atoms with E-state index in [1.165, 1.54) is 37.4 Å². The molecule has 146 valence electrons. The molecule has 2 aromatic heterocycles. The molecule has 0 aliphatic rings. The van der Waals surface area contributed by atoms with Gasteiger partial charge in [-0.25, -0.2) is 14.4 Å². The number of carbonyl (C=O) groups is 1. The Kier molecular flexibility index (Phi) is 5.64. The largest absolute Gasteiger partial charge is 0.325 e. The van der Waals surface area contributed by atoms with E-state index in [0.29, 0.717) is 22.5 Å². The molecule has 0 unspecified atom stereocenters. The van der Waals surface area contributed by atoms with Crippen molar-refractivity contribution in [3.63, 3.8) is 0 Å². The molecule has 3 rings (SSSR count). The lowest BCUT2D eigenvalue weighted by Crippen LogP contribution is -2.16. The standard InChI is InChI=1S/C17H14ClFN4O3S2/c1-9-5-12(21-10(2)24)7-20-16(9)28(25,26)23-17-22-15(8-27-17)11-3-4-14(19)13(18)6-11/h3-8H,1-2H3,(H,21,24)(H,22,23). The van der Waals surface area contributed by atoms with Crippen LogP contribution in [0, 0.1) is 12.7 Å². The fraction of sp³-hybridized carbons (Fsp3) is 0.118. The fourth-order valence-corrected chi connectivity index (χ4v) is 4.70. The summed E-state index contributed by atoms with van der Waals surface area (Å²) in [5.41, 5.74) is 1.77. The van der Waals surface area contributed by atoms with Crippen molar-refractivity contribution in [3.05, 3.63) is 52.2 Å². The van der Waals surface area contributed by atoms with Crippen LogP contribution in [-0.4, -0.2) is 24.3 Å². The third-order valence-electron chi connectivity index (χ3n) is 3.55. The molecule has 0 atom stereocenters. The van der Waals surface area contributed by atoms with Gasteiger partial charge in [-0.15, -0.1) is 11.3 Å². The van der Waals surface area contributed by atoms with Gasteiger partial charge in [0.1, 0.15) is 5.82 Å². The Balaban J connectivity index is 1.84. The number of pyridine rings is 1. The molecule has 0 aliphatic carbocycles. The molecule has 3 aromatic rings. The molecule has 28 heavy (non-hydrogen) atoms. The van der Waals surface area contributed by atoms with Crippen LogP contribution in [0.25, 0.3) is 11.3 Å². The van der Waals surface area contributed by atoms with E-state index in [9.17, 15) is 17.6 Å². The van der Waals surface area contributed by atoms with Gasteiger partial charge in [0.2, 0.25) is 5.91 Å². The number of hydrogen-bond acceptors (Lipinski definition) is 6. The molecule has 2 N–H and O–H groups in total. The van der Waals surface area contributed by atoms with Crippen LogP contribution in [0.4, 0.5) is 15.2 Å². The van der Waals surface area contributed by atoms with Crippen molar-refractivity contribution in [2.45, 2.75) is 18.9 Å². The second-order valence-corrected chi connectivity index (χ2v) is 8.66. The summed E-state index contributed by atoms with van der Waals surface area (Å²) in [6.45, 7) is 2.91. The minimum absolute atomic E-state index is 0.0493. The molecule has 0 saturated carbocycles. The number of aromatic nitrogens is 2. The van der Waals surface area contributed by atoms with E-state index in [4.69, 9.17) is 11.6 Å². The van der Waals surface area contributed by atoms with Gasteiger partial charge >= 0.3 is 0 Å². The molecule has 7 nitrogen and oxygen atoms in total. The van der Waals surface area contributed by atoms with Crippen LogP contribution in [0.3, 0.4) is 0 Å². The second-order valence-electron chi connectivity index (χ2n) is 5.80. The van der Waals surface area contributed by atoms with Gasteiger partial charge < -0.3 is 5.32 Å². The highest BCUT2D eigenvalue weighted by molar-refractivity contribution is 7.92. The molecule has 0 spiro atoms. The van der Waals surface area contributed by atoms with Crippen molar-refractivity contribution in [1.82, 2.24) is 9.97 Å². The average molecular weight is 441 g/mol. The van der Waals surface area contributed by atoms with Crippen LogP contribution >= 0.6 is 22.9 Å². The van der Waals surface area contributed by atoms with Gasteiger partial charge in [-0.05, 0) is 36.8 Å². The number of rotatable bonds is 5. The molecule has 0 fully saturated rings. The summed E-state index contributed by atoms with van der Waals surface area (Å²) in [6.07, 6.45) is 1.26. The van der Waals surface area contributed by atoms with E-state index in [2.05, 4.69) is 20.0 Å². The molecule has 11 heteroatoms. The first-order valence-corrected chi connectivity index (χ1v) is 10.6. The van der Waals surface area contributed by atoms with Crippen LogP contribution in [-0.2, 0) is 14.8 Å². The molecule has 1 aromatic carbocycles. The zero-order chi connectivity index (χ0) is 20.5. The van der Waals surface area contributed by atoms with Crippen molar-refractivity contribution in [2.24, 2.45) is 0 Å². The minimum Gasteiger partial charge on any atom is -0.325 e. The van der Waals surface area contributed by atoms with Gasteiger partial charge in [0.05, 0.1) is 22.6 Å². The van der Waals surface area contributed by atoms with Crippen molar-refractivity contribution < 1.29 is 17.6 Å². The maximum Gasteiger partial charge on any atom is 0.281 e. The molecule has 0 aliphatic heterocycles. The van der Waals surface area contributed by atoms with E-state index >= 15 is 0 Å². The van der Waals surface area contributed by atoms with Crippen LogP contribution in [0.15, 0.2) is 40.9 Å². The normalized spacial score (nSPS) is 11.3. The molecule has 1 amide bonds. The molecule has 2 heterocycles. The predicted octanol–water partition coefficient (Wildman–Crippen LogP) is 4.07. The molecular formula is C17H14ClFN4O3S2. The quantitative estimate of drug-likeness (QED) is 0.622. The lowest BCUT2D eigenvalue weighted by Gasteiger charge is -2.09. The van der Waals surface area contributed by atoms with E-state index < -0.39 is 15.8 Å². The van der Waals surface area contributed by atoms with E-state index in [1.807, 2.05) is 0 Å². The second kappa shape index (κ2) is 7.82. The van der Waals surface area contributed by atoms with Crippen molar-refractivity contribution in [2.75, 3.05) is 10.0 Å². The van der Waals surface area contributed by atoms with E-state index in [0.717, 1.165) is 11.3 Å². The van der Waals surface area contributed by atoms with Crippen LogP contribution in [0.1, 0.15) is 12.5 Å². The Morgan fingerprint density at radius 1 is 1.29 bits per heavy atom. The number of carbonyl (C=O) groups excluding carboxylic acids is 1. The highest BCUT2D eigenvalue weighted by Gasteiger charge is 2.21. The Labute approximate surface area is 169 Å². The molecular weight excluding hydrogens is 427 g/mol. The third-order valence-corrected chi connectivity index (χ3v) is 6.12. The first kappa shape index (κ1) is 20.2. The first-order valence-electron chi connectivity index (χ1n) is 7.84. The molecule has 0 bridgehead atoms. The maximum atomic E-state index is 13.3. The Morgan fingerprint density at radius 3 is 2.68 bits per heavy atom. The summed E-state index contributed by atoms with van der Waals surface area (Å²) < 4.78 is 40.9. The number of anilines is 2. The number of hydrogen-bond donors (Lipinski definition) is 2. The van der Waals surface area contributed by atoms with Gasteiger partial charge in [-0.3, -0.25) is 9.52 Å². The summed E-state index contributed by atoms with van der Waals surface area (Å²) in [7, 11) is -3.98. The number of amides is 1. The minimum atomic E-state index is -3.98. The van der Waals surface area contributed by atoms with Crippen molar-refractivity contribution >= 4 is 49.7 Å². The van der Waals surface area contributed by atoms with Crippen LogP contribution in [0.2, 0.25) is 5.02 Å². The summed E-state index contributed by atoms with van der Waals surface area (Å²) >= 11 is 6.84. The lowest BCUT2D eigenvalue weighted by atomic mass is 10.2. The van der Waals surface area contributed by atoms with Crippen molar-refractivity contribution in [1.29, 1.82) is 0 Å². The maximum absolute atomic E-state index is 13.3. The number of benzene rings is 1. The average Bonchev–Trinajstić information content (AvgIpc) is 3.04. The zero-order valence-electron chi connectivity index (χ0n) is 14.7. The van der Waals surface area contributed by atoms with Crippen LogP contribution < -0.4 is 10.0 Å². The fourth-order valence-electron chi connectivity index (χ4n) is 2.39. The SMILES string of the molecule is CC(=O)Nc1cnc(S(=O)(=O)Nc2nc(-c3ccc(F)c(Cl)c3)cs2)c(C)c1. The summed E-state index contributed by atoms with van der Waals surface area (Å²) in [6, 6.07) is 5.64. The Morgan fingerprint density at radius 2 is 2.04 bits per heavy atom. The van der Waals surface area contributed by atoms with Crippen LogP contribution in [0.5, 0.6) is 0 Å². The number of nitrogens with one attached hydrogen (secondary N) is 2. The Bertz CT molecular complexity index is 1160.